The first-order valence-electron chi connectivity index (χ1n) is 12.2. The number of aliphatic hydroxyl groups is 1. The van der Waals surface area contributed by atoms with Gasteiger partial charge in [-0.3, -0.25) is 0 Å². The van der Waals surface area contributed by atoms with Crippen LogP contribution >= 0.6 is 0 Å². The highest BCUT2D eigenvalue weighted by atomic mass is 28.3. The van der Waals surface area contributed by atoms with Crippen molar-refractivity contribution in [1.29, 1.82) is 0 Å². The Hall–Kier alpha value is -1.66. The van der Waals surface area contributed by atoms with Gasteiger partial charge < -0.3 is 19.3 Å². The van der Waals surface area contributed by atoms with Crippen molar-refractivity contribution in [2.45, 2.75) is 57.8 Å². The summed E-state index contributed by atoms with van der Waals surface area (Å²) in [4.78, 5) is 0. The van der Waals surface area contributed by atoms with E-state index in [0.29, 0.717) is 19.8 Å². The molecule has 2 atom stereocenters. The van der Waals surface area contributed by atoms with Crippen molar-refractivity contribution < 1.29 is 19.3 Å². The van der Waals surface area contributed by atoms with Crippen molar-refractivity contribution in [3.8, 4) is 16.9 Å². The summed E-state index contributed by atoms with van der Waals surface area (Å²) in [5, 5.41) is 11.1. The van der Waals surface area contributed by atoms with E-state index in [-0.39, 0.29) is 18.6 Å². The maximum absolute atomic E-state index is 9.51. The summed E-state index contributed by atoms with van der Waals surface area (Å²) < 4.78 is 16.6. The normalized spacial score (nSPS) is 16.7. The number of unbranched alkanes of at least 4 members (excludes halogenated alkanes) is 1. The average molecular weight is 457 g/mol. The number of rotatable bonds is 15. The molecule has 2 aromatic rings. The number of hydrogen-bond acceptors (Lipinski definition) is 4. The van der Waals surface area contributed by atoms with Gasteiger partial charge in [-0.1, -0.05) is 80.5 Å². The molecule has 0 saturated carbocycles. The van der Waals surface area contributed by atoms with Crippen molar-refractivity contribution in [1.82, 2.24) is 0 Å². The third-order valence-corrected chi connectivity index (χ3v) is 9.85. The molecule has 0 spiro atoms. The van der Waals surface area contributed by atoms with E-state index in [1.807, 2.05) is 12.1 Å². The molecule has 0 amide bonds. The van der Waals surface area contributed by atoms with Gasteiger partial charge in [0.15, 0.2) is 0 Å². The Morgan fingerprint density at radius 2 is 1.69 bits per heavy atom. The molecule has 1 saturated heterocycles. The summed E-state index contributed by atoms with van der Waals surface area (Å²) in [7, 11) is -1.32. The van der Waals surface area contributed by atoms with Crippen LogP contribution in [-0.2, 0) is 9.47 Å². The molecule has 2 aromatic carbocycles. The molecule has 4 nitrogen and oxygen atoms in total. The lowest BCUT2D eigenvalue weighted by Crippen LogP contribution is -2.40. The first kappa shape index (κ1) is 25.0. The molecule has 176 valence electrons. The van der Waals surface area contributed by atoms with E-state index in [0.717, 1.165) is 25.2 Å². The van der Waals surface area contributed by atoms with E-state index in [2.05, 4.69) is 56.4 Å². The average Bonchev–Trinajstić information content (AvgIpc) is 3.64. The van der Waals surface area contributed by atoms with Crippen LogP contribution < -0.4 is 9.92 Å². The van der Waals surface area contributed by atoms with Gasteiger partial charge in [0.1, 0.15) is 11.9 Å². The summed E-state index contributed by atoms with van der Waals surface area (Å²) in [6.07, 6.45) is 4.67. The first-order valence-corrected chi connectivity index (χ1v) is 15.4. The molecule has 0 bridgehead atoms. The topological polar surface area (TPSA) is 51.2 Å². The minimum atomic E-state index is -1.32. The third kappa shape index (κ3) is 8.04. The van der Waals surface area contributed by atoms with E-state index in [4.69, 9.17) is 14.2 Å². The van der Waals surface area contributed by atoms with Crippen LogP contribution in [-0.4, -0.2) is 52.3 Å². The Balaban J connectivity index is 1.42. The lowest BCUT2D eigenvalue weighted by atomic mass is 10.1. The van der Waals surface area contributed by atoms with Gasteiger partial charge in [-0.25, -0.2) is 0 Å². The molecule has 3 rings (SSSR count). The second-order valence-electron chi connectivity index (χ2n) is 9.62. The highest BCUT2D eigenvalue weighted by Crippen LogP contribution is 2.23. The Kier molecular flexibility index (Phi) is 9.79. The van der Waals surface area contributed by atoms with Crippen LogP contribution in [0.25, 0.3) is 11.1 Å². The van der Waals surface area contributed by atoms with Crippen molar-refractivity contribution >= 4 is 13.3 Å². The third-order valence-electron chi connectivity index (χ3n) is 6.35. The molecule has 0 radical (unpaired) electrons. The summed E-state index contributed by atoms with van der Waals surface area (Å²) >= 11 is 0. The molecule has 1 aliphatic rings. The quantitative estimate of drug-likeness (QED) is 0.226. The second-order valence-corrected chi connectivity index (χ2v) is 14.5. The Morgan fingerprint density at radius 3 is 2.28 bits per heavy atom. The molecule has 0 aromatic heterocycles. The Bertz CT molecular complexity index is 784. The number of epoxide rings is 1. The van der Waals surface area contributed by atoms with Crippen LogP contribution in [0.15, 0.2) is 48.5 Å². The van der Waals surface area contributed by atoms with Crippen LogP contribution in [0, 0.1) is 5.92 Å². The molecule has 5 heteroatoms. The van der Waals surface area contributed by atoms with Crippen LogP contribution in [0.5, 0.6) is 5.75 Å². The second kappa shape index (κ2) is 12.5. The zero-order chi connectivity index (χ0) is 22.8. The monoisotopic (exact) mass is 456 g/mol. The molecular formula is C27H40O4Si. The summed E-state index contributed by atoms with van der Waals surface area (Å²) in [6.45, 7) is 10.1. The van der Waals surface area contributed by atoms with E-state index in [9.17, 15) is 5.11 Å². The largest absolute Gasteiger partial charge is 0.494 e. The van der Waals surface area contributed by atoms with Gasteiger partial charge in [0, 0.05) is 12.5 Å². The SMILES string of the molecule is CCCC[Si](C)(C)c1ccc(-c2ccc(OCCCC(CO)COCC3CO3)cc2)cc1. The molecule has 32 heavy (non-hydrogen) atoms. The van der Waals surface area contributed by atoms with Gasteiger partial charge in [0.25, 0.3) is 0 Å². The summed E-state index contributed by atoms with van der Waals surface area (Å²) in [5.41, 5.74) is 2.47. The summed E-state index contributed by atoms with van der Waals surface area (Å²) in [5.74, 6) is 1.05. The molecule has 1 aliphatic heterocycles. The van der Waals surface area contributed by atoms with Gasteiger partial charge in [-0.2, -0.15) is 0 Å². The van der Waals surface area contributed by atoms with Gasteiger partial charge >= 0.3 is 0 Å². The number of ether oxygens (including phenoxy) is 3. The Labute approximate surface area is 194 Å². The van der Waals surface area contributed by atoms with Gasteiger partial charge in [-0.15, -0.1) is 0 Å². The fourth-order valence-corrected chi connectivity index (χ4v) is 6.54. The van der Waals surface area contributed by atoms with E-state index in [1.54, 1.807) is 5.19 Å². The predicted molar refractivity (Wildman–Crippen MR) is 135 cm³/mol. The number of hydrogen-bond donors (Lipinski definition) is 1. The van der Waals surface area contributed by atoms with E-state index < -0.39 is 8.07 Å². The molecular weight excluding hydrogens is 416 g/mol. The maximum Gasteiger partial charge on any atom is 0.119 e. The number of benzene rings is 2. The minimum Gasteiger partial charge on any atom is -0.494 e. The highest BCUT2D eigenvalue weighted by Gasteiger charge is 2.23. The van der Waals surface area contributed by atoms with Crippen LogP contribution in [0.3, 0.4) is 0 Å². The van der Waals surface area contributed by atoms with E-state index >= 15 is 0 Å². The maximum atomic E-state index is 9.51. The first-order chi connectivity index (χ1) is 15.5. The zero-order valence-corrected chi connectivity index (χ0v) is 21.0. The standard InChI is InChI=1S/C27H40O4Si/c1-4-5-17-32(2,3)27-14-10-24(11-15-27)23-8-12-25(13-9-23)30-16-6-7-22(18-28)19-29-20-26-21-31-26/h8-15,22,26,28H,4-7,16-21H2,1-3H3. The van der Waals surface area contributed by atoms with E-state index in [1.165, 1.54) is 30.0 Å². The highest BCUT2D eigenvalue weighted by molar-refractivity contribution is 6.89. The summed E-state index contributed by atoms with van der Waals surface area (Å²) in [6, 6.07) is 18.9. The molecule has 1 fully saturated rings. The molecule has 2 unspecified atom stereocenters. The molecule has 1 N–H and O–H groups in total. The smallest absolute Gasteiger partial charge is 0.119 e. The minimum absolute atomic E-state index is 0.150. The fourth-order valence-electron chi connectivity index (χ4n) is 3.94. The lowest BCUT2D eigenvalue weighted by molar-refractivity contribution is 0.0580. The van der Waals surface area contributed by atoms with Gasteiger partial charge in [0.05, 0.1) is 34.5 Å². The fraction of sp³-hybridized carbons (Fsp3) is 0.556. The van der Waals surface area contributed by atoms with Crippen LogP contribution in [0.1, 0.15) is 32.6 Å². The van der Waals surface area contributed by atoms with Gasteiger partial charge in [-0.05, 0) is 36.1 Å². The molecule has 1 heterocycles. The Morgan fingerprint density at radius 1 is 1.03 bits per heavy atom. The van der Waals surface area contributed by atoms with Crippen molar-refractivity contribution in [2.75, 3.05) is 33.0 Å². The number of aliphatic hydroxyl groups excluding tert-OH is 1. The lowest BCUT2D eigenvalue weighted by Gasteiger charge is -2.23. The van der Waals surface area contributed by atoms with Crippen molar-refractivity contribution in [2.24, 2.45) is 5.92 Å². The van der Waals surface area contributed by atoms with Crippen molar-refractivity contribution in [3.05, 3.63) is 48.5 Å². The zero-order valence-electron chi connectivity index (χ0n) is 20.0. The van der Waals surface area contributed by atoms with Crippen LogP contribution in [0.2, 0.25) is 19.1 Å². The van der Waals surface area contributed by atoms with Gasteiger partial charge in [0.2, 0.25) is 0 Å². The molecule has 0 aliphatic carbocycles. The van der Waals surface area contributed by atoms with Crippen LogP contribution in [0.4, 0.5) is 0 Å². The van der Waals surface area contributed by atoms with Crippen molar-refractivity contribution in [3.63, 3.8) is 0 Å². The predicted octanol–water partition coefficient (Wildman–Crippen LogP) is 5.25.